The van der Waals surface area contributed by atoms with Gasteiger partial charge < -0.3 is 4.98 Å². The highest BCUT2D eigenvalue weighted by Gasteiger charge is 2.38. The Bertz CT molecular complexity index is 1040. The van der Waals surface area contributed by atoms with Crippen molar-refractivity contribution in [3.8, 4) is 0 Å². The Labute approximate surface area is 175 Å². The Morgan fingerprint density at radius 2 is 1.67 bits per heavy atom. The molecule has 0 radical (unpaired) electrons. The number of hydrogen-bond donors (Lipinski definition) is 1. The number of aromatic nitrogens is 1. The summed E-state index contributed by atoms with van der Waals surface area (Å²) in [5.74, 6) is 1.66. The Kier molecular flexibility index (Phi) is 4.53. The third-order valence-electron chi connectivity index (χ3n) is 7.29. The van der Waals surface area contributed by atoms with Crippen LogP contribution in [0.3, 0.4) is 0 Å². The van der Waals surface area contributed by atoms with Crippen molar-refractivity contribution >= 4 is 10.9 Å². The lowest BCUT2D eigenvalue weighted by Gasteiger charge is -2.42. The molecular weight excluding hydrogens is 383 g/mol. The quantitative estimate of drug-likeness (QED) is 0.450. The molecule has 30 heavy (non-hydrogen) atoms. The van der Waals surface area contributed by atoms with Crippen LogP contribution in [0.4, 0.5) is 13.2 Å². The minimum atomic E-state index is -4.26. The fourth-order valence-corrected chi connectivity index (χ4v) is 5.60. The number of hydrogen-bond acceptors (Lipinski definition) is 0. The summed E-state index contributed by atoms with van der Waals surface area (Å²) < 4.78 is 38.2. The predicted molar refractivity (Wildman–Crippen MR) is 115 cm³/mol. The third-order valence-corrected chi connectivity index (χ3v) is 7.29. The number of rotatable bonds is 4. The van der Waals surface area contributed by atoms with Gasteiger partial charge in [-0.1, -0.05) is 32.0 Å². The van der Waals surface area contributed by atoms with Crippen LogP contribution in [0.2, 0.25) is 0 Å². The maximum atomic E-state index is 12.7. The monoisotopic (exact) mass is 411 g/mol. The van der Waals surface area contributed by atoms with Crippen molar-refractivity contribution in [1.82, 2.24) is 4.98 Å². The number of aromatic amines is 1. The second kappa shape index (κ2) is 6.90. The Balaban J connectivity index is 1.23. The summed E-state index contributed by atoms with van der Waals surface area (Å²) in [5.41, 5.74) is 4.99. The van der Waals surface area contributed by atoms with E-state index in [1.165, 1.54) is 47.0 Å². The number of H-pyrrole nitrogens is 1. The van der Waals surface area contributed by atoms with Crippen molar-refractivity contribution in [1.29, 1.82) is 0 Å². The Morgan fingerprint density at radius 3 is 2.30 bits per heavy atom. The summed E-state index contributed by atoms with van der Waals surface area (Å²) in [6.45, 7) is 4.68. The van der Waals surface area contributed by atoms with Crippen LogP contribution in [0, 0.1) is 11.3 Å². The molecule has 2 aliphatic rings. The van der Waals surface area contributed by atoms with Gasteiger partial charge in [0.1, 0.15) is 0 Å². The minimum absolute atomic E-state index is 0.390. The SMILES string of the molecule is CC1(C)CC(c2c[nH]c3ccc(C[C@H]4C[C@@H](c5ccc(C(F)(F)F)cc5)C4)cc23)C1. The number of benzene rings is 2. The molecule has 5 rings (SSSR count). The molecule has 2 aliphatic carbocycles. The molecule has 158 valence electrons. The first-order chi connectivity index (χ1) is 14.2. The van der Waals surface area contributed by atoms with Gasteiger partial charge in [0.25, 0.3) is 0 Å². The molecule has 1 nitrogen and oxygen atoms in total. The zero-order valence-corrected chi connectivity index (χ0v) is 17.5. The van der Waals surface area contributed by atoms with Crippen LogP contribution in [0.1, 0.15) is 73.6 Å². The second-order valence-electron chi connectivity index (χ2n) is 10.3. The van der Waals surface area contributed by atoms with E-state index in [1.807, 2.05) is 0 Å². The minimum Gasteiger partial charge on any atom is -0.361 e. The highest BCUT2D eigenvalue weighted by molar-refractivity contribution is 5.84. The Morgan fingerprint density at radius 1 is 0.967 bits per heavy atom. The normalized spacial score (nSPS) is 23.9. The van der Waals surface area contributed by atoms with E-state index in [9.17, 15) is 13.2 Å². The zero-order chi connectivity index (χ0) is 21.1. The Hall–Kier alpha value is -2.23. The summed E-state index contributed by atoms with van der Waals surface area (Å²) in [4.78, 5) is 3.44. The van der Waals surface area contributed by atoms with Gasteiger partial charge in [0.05, 0.1) is 5.56 Å². The molecule has 3 aromatic rings. The van der Waals surface area contributed by atoms with Crippen LogP contribution in [-0.4, -0.2) is 4.98 Å². The van der Waals surface area contributed by atoms with Crippen LogP contribution in [-0.2, 0) is 12.6 Å². The molecule has 0 unspecified atom stereocenters. The highest BCUT2D eigenvalue weighted by Crippen LogP contribution is 2.52. The fourth-order valence-electron chi connectivity index (χ4n) is 5.60. The van der Waals surface area contributed by atoms with E-state index in [4.69, 9.17) is 0 Å². The van der Waals surface area contributed by atoms with Crippen LogP contribution in [0.25, 0.3) is 10.9 Å². The van der Waals surface area contributed by atoms with E-state index in [1.54, 1.807) is 12.1 Å². The fraction of sp³-hybridized carbons (Fsp3) is 0.462. The van der Waals surface area contributed by atoms with Gasteiger partial charge in [-0.15, -0.1) is 0 Å². The standard InChI is InChI=1S/C26H28F3N/c1-25(2)13-20(14-25)23-15-30-24-8-3-16(12-22(23)24)9-17-10-19(11-17)18-4-6-21(7-5-18)26(27,28)29/h3-8,12,15,17,19-20,30H,9-11,13-14H2,1-2H3/t17-,19+. The van der Waals surface area contributed by atoms with Gasteiger partial charge in [-0.25, -0.2) is 0 Å². The lowest BCUT2D eigenvalue weighted by molar-refractivity contribution is -0.137. The van der Waals surface area contributed by atoms with Crippen molar-refractivity contribution < 1.29 is 13.2 Å². The predicted octanol–water partition coefficient (Wildman–Crippen LogP) is 7.83. The molecular formula is C26H28F3N. The largest absolute Gasteiger partial charge is 0.416 e. The van der Waals surface area contributed by atoms with Crippen molar-refractivity contribution in [2.24, 2.45) is 11.3 Å². The molecule has 2 saturated carbocycles. The number of nitrogens with one attached hydrogen (secondary N) is 1. The second-order valence-corrected chi connectivity index (χ2v) is 10.3. The topological polar surface area (TPSA) is 15.8 Å². The van der Waals surface area contributed by atoms with Crippen molar-refractivity contribution in [3.63, 3.8) is 0 Å². The smallest absolute Gasteiger partial charge is 0.361 e. The van der Waals surface area contributed by atoms with Crippen LogP contribution in [0.5, 0.6) is 0 Å². The molecule has 1 N–H and O–H groups in total. The molecule has 0 amide bonds. The van der Waals surface area contributed by atoms with Gasteiger partial charge in [-0.3, -0.25) is 0 Å². The van der Waals surface area contributed by atoms with Gasteiger partial charge in [-0.05, 0) is 96.2 Å². The van der Waals surface area contributed by atoms with Crippen molar-refractivity contribution in [2.45, 2.75) is 64.0 Å². The highest BCUT2D eigenvalue weighted by atomic mass is 19.4. The summed E-state index contributed by atoms with van der Waals surface area (Å²) in [6.07, 6.45) is 3.60. The van der Waals surface area contributed by atoms with E-state index < -0.39 is 11.7 Å². The van der Waals surface area contributed by atoms with Gasteiger partial charge in [0, 0.05) is 17.1 Å². The maximum absolute atomic E-state index is 12.7. The lowest BCUT2D eigenvalue weighted by atomic mass is 9.62. The first-order valence-corrected chi connectivity index (χ1v) is 10.9. The molecule has 0 saturated heterocycles. The lowest BCUT2D eigenvalue weighted by Crippen LogP contribution is -2.29. The number of alkyl halides is 3. The molecule has 2 fully saturated rings. The third kappa shape index (κ3) is 3.66. The number of fused-ring (bicyclic) bond motifs is 1. The molecule has 1 heterocycles. The van der Waals surface area contributed by atoms with E-state index in [0.29, 0.717) is 23.2 Å². The molecule has 0 spiro atoms. The van der Waals surface area contributed by atoms with Crippen molar-refractivity contribution in [2.75, 3.05) is 0 Å². The summed E-state index contributed by atoms with van der Waals surface area (Å²) in [7, 11) is 0. The van der Waals surface area contributed by atoms with E-state index in [-0.39, 0.29) is 0 Å². The molecule has 0 aliphatic heterocycles. The zero-order valence-electron chi connectivity index (χ0n) is 17.5. The summed E-state index contributed by atoms with van der Waals surface area (Å²) >= 11 is 0. The molecule has 0 atom stereocenters. The average Bonchev–Trinajstić information content (AvgIpc) is 3.04. The van der Waals surface area contributed by atoms with Gasteiger partial charge in [-0.2, -0.15) is 13.2 Å². The van der Waals surface area contributed by atoms with Crippen LogP contribution in [0.15, 0.2) is 48.7 Å². The molecule has 4 heteroatoms. The van der Waals surface area contributed by atoms with Gasteiger partial charge in [0.2, 0.25) is 0 Å². The molecule has 0 bridgehead atoms. The van der Waals surface area contributed by atoms with Gasteiger partial charge in [0.15, 0.2) is 0 Å². The number of halogens is 3. The van der Waals surface area contributed by atoms with E-state index in [0.717, 1.165) is 24.8 Å². The van der Waals surface area contributed by atoms with Gasteiger partial charge >= 0.3 is 6.18 Å². The van der Waals surface area contributed by atoms with E-state index in [2.05, 4.69) is 43.2 Å². The summed E-state index contributed by atoms with van der Waals surface area (Å²) in [6, 6.07) is 12.5. The molecule has 1 aromatic heterocycles. The first-order valence-electron chi connectivity index (χ1n) is 10.9. The van der Waals surface area contributed by atoms with E-state index >= 15 is 0 Å². The molecule has 2 aromatic carbocycles. The van der Waals surface area contributed by atoms with Crippen LogP contribution < -0.4 is 0 Å². The van der Waals surface area contributed by atoms with Crippen molar-refractivity contribution in [3.05, 3.63) is 70.9 Å². The van der Waals surface area contributed by atoms with Crippen LogP contribution >= 0.6 is 0 Å². The maximum Gasteiger partial charge on any atom is 0.416 e. The average molecular weight is 412 g/mol. The summed E-state index contributed by atoms with van der Waals surface area (Å²) in [5, 5.41) is 1.37. The first kappa shape index (κ1) is 19.7.